The molecule has 0 fully saturated rings. The fraction of sp³-hybridized carbons (Fsp3) is 0.0612. The Balaban J connectivity index is 1.23. The number of fused-ring (bicyclic) bond motifs is 6. The van der Waals surface area contributed by atoms with Crippen molar-refractivity contribution in [2.24, 2.45) is 0 Å². The number of benzene rings is 7. The highest BCUT2D eigenvalue weighted by molar-refractivity contribution is 6.10. The van der Waals surface area contributed by atoms with Gasteiger partial charge in [0.15, 0.2) is 0 Å². The van der Waals surface area contributed by atoms with Crippen molar-refractivity contribution < 1.29 is 0 Å². The van der Waals surface area contributed by atoms with E-state index in [2.05, 4.69) is 204 Å². The highest BCUT2D eigenvalue weighted by Gasteiger charge is 2.47. The van der Waals surface area contributed by atoms with Gasteiger partial charge in [0.25, 0.3) is 0 Å². The molecule has 51 heavy (non-hydrogen) atoms. The van der Waals surface area contributed by atoms with Crippen LogP contribution in [0.4, 0.5) is 17.1 Å². The van der Waals surface area contributed by atoms with Crippen molar-refractivity contribution in [1.29, 1.82) is 0 Å². The number of aromatic nitrogens is 1. The molecule has 0 bridgehead atoms. The van der Waals surface area contributed by atoms with Gasteiger partial charge in [-0.2, -0.15) is 0 Å². The van der Waals surface area contributed by atoms with Gasteiger partial charge in [0, 0.05) is 33.5 Å². The van der Waals surface area contributed by atoms with E-state index >= 15 is 0 Å². The van der Waals surface area contributed by atoms with E-state index in [4.69, 9.17) is 0 Å². The lowest BCUT2D eigenvalue weighted by Crippen LogP contribution is -2.29. The molecule has 2 heteroatoms. The van der Waals surface area contributed by atoms with E-state index in [9.17, 15) is 0 Å². The van der Waals surface area contributed by atoms with Crippen LogP contribution < -0.4 is 4.90 Å². The minimum atomic E-state index is -0.421. The van der Waals surface area contributed by atoms with Crippen LogP contribution >= 0.6 is 0 Å². The Morgan fingerprint density at radius 1 is 0.471 bits per heavy atom. The summed E-state index contributed by atoms with van der Waals surface area (Å²) in [7, 11) is 0. The second-order valence-electron chi connectivity index (χ2n) is 13.6. The maximum absolute atomic E-state index is 2.47. The van der Waals surface area contributed by atoms with Gasteiger partial charge in [0.2, 0.25) is 0 Å². The standard InChI is InChI=1S/C49H36N2/c1-5-17-35(18-6-1)49(36-19-7-2-8-20-36)45-27-15-13-25-41(45)42-31-29-40(34-46(42)49)50(37-21-9-3-10-22-37)39-30-32-48-44(33-39)43-26-14-16-28-47(43)51(48)38-23-11-4-12-24-38/h1,3-7,9-34H,2,8H2. The van der Waals surface area contributed by atoms with Crippen LogP contribution in [0.15, 0.2) is 200 Å². The van der Waals surface area contributed by atoms with Crippen LogP contribution in [0, 0.1) is 0 Å². The summed E-state index contributed by atoms with van der Waals surface area (Å²) in [4.78, 5) is 2.43. The Labute approximate surface area is 298 Å². The molecule has 0 saturated carbocycles. The summed E-state index contributed by atoms with van der Waals surface area (Å²) in [6.45, 7) is 0. The molecule has 1 unspecified atom stereocenters. The van der Waals surface area contributed by atoms with Crippen LogP contribution in [0.25, 0.3) is 38.6 Å². The second-order valence-corrected chi connectivity index (χ2v) is 13.6. The third-order valence-corrected chi connectivity index (χ3v) is 10.9. The van der Waals surface area contributed by atoms with Crippen molar-refractivity contribution in [3.05, 3.63) is 216 Å². The monoisotopic (exact) mass is 652 g/mol. The minimum Gasteiger partial charge on any atom is -0.310 e. The predicted molar refractivity (Wildman–Crippen MR) is 214 cm³/mol. The fourth-order valence-electron chi connectivity index (χ4n) is 8.75. The van der Waals surface area contributed by atoms with Crippen molar-refractivity contribution in [2.75, 3.05) is 4.90 Å². The van der Waals surface area contributed by atoms with E-state index in [1.807, 2.05) is 0 Å². The molecule has 0 radical (unpaired) electrons. The van der Waals surface area contributed by atoms with Gasteiger partial charge in [0.1, 0.15) is 0 Å². The van der Waals surface area contributed by atoms with Crippen LogP contribution in [0.5, 0.6) is 0 Å². The number of nitrogens with zero attached hydrogens (tertiary/aromatic N) is 2. The van der Waals surface area contributed by atoms with Gasteiger partial charge in [-0.15, -0.1) is 0 Å². The molecular weight excluding hydrogens is 617 g/mol. The highest BCUT2D eigenvalue weighted by atomic mass is 15.1. The van der Waals surface area contributed by atoms with Gasteiger partial charge in [-0.05, 0) is 107 Å². The molecule has 2 nitrogen and oxygen atoms in total. The number of hydrogen-bond acceptors (Lipinski definition) is 1. The summed E-state index contributed by atoms with van der Waals surface area (Å²) in [6, 6.07) is 64.5. The van der Waals surface area contributed by atoms with E-state index in [0.717, 1.165) is 35.6 Å². The zero-order valence-corrected chi connectivity index (χ0v) is 28.3. The minimum absolute atomic E-state index is 0.421. The molecule has 0 spiro atoms. The first kappa shape index (κ1) is 29.5. The first-order valence-corrected chi connectivity index (χ1v) is 17.9. The van der Waals surface area contributed by atoms with E-state index in [1.54, 1.807) is 0 Å². The highest BCUT2D eigenvalue weighted by Crippen LogP contribution is 2.58. The molecule has 7 aromatic carbocycles. The van der Waals surface area contributed by atoms with Crippen LogP contribution in [0.1, 0.15) is 29.5 Å². The first-order chi connectivity index (χ1) is 25.3. The molecule has 0 aliphatic heterocycles. The van der Waals surface area contributed by atoms with Crippen LogP contribution in [0.2, 0.25) is 0 Å². The lowest BCUT2D eigenvalue weighted by Gasteiger charge is -2.36. The van der Waals surface area contributed by atoms with Crippen molar-refractivity contribution in [3.8, 4) is 16.8 Å². The maximum atomic E-state index is 2.47. The summed E-state index contributed by atoms with van der Waals surface area (Å²) in [5, 5.41) is 2.48. The number of allylic oxidation sites excluding steroid dienone is 4. The lowest BCUT2D eigenvalue weighted by molar-refractivity contribution is 0.751. The summed E-state index contributed by atoms with van der Waals surface area (Å²) in [5.74, 6) is 0. The van der Waals surface area contributed by atoms with Gasteiger partial charge in [-0.1, -0.05) is 133 Å². The molecule has 242 valence electrons. The van der Waals surface area contributed by atoms with Gasteiger partial charge < -0.3 is 9.47 Å². The Morgan fingerprint density at radius 3 is 1.92 bits per heavy atom. The lowest BCUT2D eigenvalue weighted by atomic mass is 9.66. The third kappa shape index (κ3) is 4.50. The van der Waals surface area contributed by atoms with E-state index < -0.39 is 5.41 Å². The molecule has 2 aliphatic rings. The smallest absolute Gasteiger partial charge is 0.0711 e. The first-order valence-electron chi connectivity index (χ1n) is 17.9. The van der Waals surface area contributed by atoms with Gasteiger partial charge in [0.05, 0.1) is 16.4 Å². The molecular formula is C49H36N2. The van der Waals surface area contributed by atoms with E-state index in [0.29, 0.717) is 0 Å². The van der Waals surface area contributed by atoms with Crippen LogP contribution in [-0.4, -0.2) is 4.57 Å². The number of hydrogen-bond donors (Lipinski definition) is 0. The summed E-state index contributed by atoms with van der Waals surface area (Å²) in [6.07, 6.45) is 9.32. The summed E-state index contributed by atoms with van der Waals surface area (Å²) < 4.78 is 2.38. The molecule has 8 aromatic rings. The van der Waals surface area contributed by atoms with Crippen molar-refractivity contribution in [3.63, 3.8) is 0 Å². The quantitative estimate of drug-likeness (QED) is 0.174. The number of para-hydroxylation sites is 3. The molecule has 0 N–H and O–H groups in total. The maximum Gasteiger partial charge on any atom is 0.0711 e. The average Bonchev–Trinajstić information content (AvgIpc) is 3.70. The summed E-state index contributed by atoms with van der Waals surface area (Å²) >= 11 is 0. The third-order valence-electron chi connectivity index (χ3n) is 10.9. The Bertz CT molecular complexity index is 2630. The number of anilines is 3. The predicted octanol–water partition coefficient (Wildman–Crippen LogP) is 12.8. The van der Waals surface area contributed by atoms with Crippen LogP contribution in [-0.2, 0) is 5.41 Å². The molecule has 0 saturated heterocycles. The summed E-state index contributed by atoms with van der Waals surface area (Å²) in [5.41, 5.74) is 14.5. The normalized spacial score (nSPS) is 16.2. The van der Waals surface area contributed by atoms with E-state index in [-0.39, 0.29) is 0 Å². The molecule has 1 aromatic heterocycles. The molecule has 10 rings (SSSR count). The number of rotatable bonds is 6. The zero-order chi connectivity index (χ0) is 33.8. The molecule has 0 amide bonds. The SMILES string of the molecule is C1=CC(C2(c3ccccc3)c3ccccc3-c3ccc(N(c4ccccc4)c4ccc5c(c4)c4ccccc4n5-c4ccccc4)cc32)=CCC1. The van der Waals surface area contributed by atoms with Crippen molar-refractivity contribution in [1.82, 2.24) is 4.57 Å². The Morgan fingerprint density at radius 2 is 1.12 bits per heavy atom. The topological polar surface area (TPSA) is 8.17 Å². The van der Waals surface area contributed by atoms with Crippen molar-refractivity contribution >= 4 is 38.9 Å². The van der Waals surface area contributed by atoms with Crippen LogP contribution in [0.3, 0.4) is 0 Å². The Kier molecular flexibility index (Phi) is 6.89. The molecule has 1 atom stereocenters. The van der Waals surface area contributed by atoms with Gasteiger partial charge >= 0.3 is 0 Å². The van der Waals surface area contributed by atoms with Gasteiger partial charge in [-0.25, -0.2) is 0 Å². The average molecular weight is 653 g/mol. The molecule has 1 heterocycles. The zero-order valence-electron chi connectivity index (χ0n) is 28.3. The van der Waals surface area contributed by atoms with E-state index in [1.165, 1.54) is 55.2 Å². The fourth-order valence-corrected chi connectivity index (χ4v) is 8.75. The van der Waals surface area contributed by atoms with Gasteiger partial charge in [-0.3, -0.25) is 0 Å². The molecule has 2 aliphatic carbocycles. The Hall–Kier alpha value is -6.38. The largest absolute Gasteiger partial charge is 0.310 e. The second kappa shape index (κ2) is 11.9. The van der Waals surface area contributed by atoms with Crippen molar-refractivity contribution in [2.45, 2.75) is 18.3 Å².